The van der Waals surface area contributed by atoms with Crippen molar-refractivity contribution in [2.75, 3.05) is 30.9 Å². The molecule has 2 aliphatic heterocycles. The van der Waals surface area contributed by atoms with Gasteiger partial charge in [0.05, 0.1) is 6.17 Å². The van der Waals surface area contributed by atoms with Crippen LogP contribution in [0.25, 0.3) is 0 Å². The fraction of sp³-hybridized carbons (Fsp3) is 0.318. The molecular weight excluding hydrogens is 338 g/mol. The van der Waals surface area contributed by atoms with E-state index in [9.17, 15) is 4.79 Å². The summed E-state index contributed by atoms with van der Waals surface area (Å²) in [4.78, 5) is 17.0. The molecule has 5 heteroatoms. The van der Waals surface area contributed by atoms with Crippen LogP contribution >= 0.6 is 0 Å². The van der Waals surface area contributed by atoms with Crippen molar-refractivity contribution in [3.8, 4) is 5.75 Å². The summed E-state index contributed by atoms with van der Waals surface area (Å²) in [6, 6.07) is 15.3. The number of hydrogen-bond acceptors (Lipinski definition) is 4. The van der Waals surface area contributed by atoms with Gasteiger partial charge < -0.3 is 9.64 Å². The molecule has 0 unspecified atom stereocenters. The van der Waals surface area contributed by atoms with Gasteiger partial charge in [0.2, 0.25) is 0 Å². The number of nitrogens with one attached hydrogen (secondary N) is 1. The Bertz CT molecular complexity index is 867. The molecule has 5 nitrogen and oxygen atoms in total. The third-order valence-electron chi connectivity index (χ3n) is 5.81. The summed E-state index contributed by atoms with van der Waals surface area (Å²) in [5.41, 5.74) is 3.15. The molecule has 140 valence electrons. The van der Waals surface area contributed by atoms with Crippen LogP contribution in [0.2, 0.25) is 0 Å². The molecule has 1 amide bonds. The molecule has 0 radical (unpaired) electrons. The highest BCUT2D eigenvalue weighted by Crippen LogP contribution is 2.54. The molecule has 2 heterocycles. The summed E-state index contributed by atoms with van der Waals surface area (Å²) < 4.78 is 5.57. The first-order valence-corrected chi connectivity index (χ1v) is 9.27. The zero-order chi connectivity index (χ0) is 19.0. The number of carbonyl (C=O) groups excluding carboxylic acids is 1. The predicted octanol–water partition coefficient (Wildman–Crippen LogP) is 4.22. The maximum Gasteiger partial charge on any atom is 0.417 e. The molecule has 0 aromatic heterocycles. The molecule has 0 aliphatic carbocycles. The van der Waals surface area contributed by atoms with Crippen LogP contribution in [0.3, 0.4) is 0 Å². The second kappa shape index (κ2) is 6.74. The third-order valence-corrected chi connectivity index (χ3v) is 5.81. The van der Waals surface area contributed by atoms with Crippen molar-refractivity contribution in [2.24, 2.45) is 0 Å². The lowest BCUT2D eigenvalue weighted by atomic mass is 9.76. The molecule has 2 aromatic carbocycles. The standard InChI is InChI=1S/C22H25N3O2/c1-4-12-22-13-14-24(2)20(22)25(3)19-11-10-17(15-18(19)22)27-21(26)23-16-8-6-5-7-9-16/h4-11,15,20H,1,12-14H2,2-3H3,(H,23,26)/t20-,22+/m1/s1. The minimum absolute atomic E-state index is 0.00411. The topological polar surface area (TPSA) is 44.8 Å². The molecule has 0 bridgehead atoms. The predicted molar refractivity (Wildman–Crippen MR) is 108 cm³/mol. The van der Waals surface area contributed by atoms with Crippen molar-refractivity contribution in [2.45, 2.75) is 24.4 Å². The summed E-state index contributed by atoms with van der Waals surface area (Å²) in [7, 11) is 4.31. The Balaban J connectivity index is 1.61. The first-order chi connectivity index (χ1) is 13.0. The quantitative estimate of drug-likeness (QED) is 0.826. The summed E-state index contributed by atoms with van der Waals surface area (Å²) in [6.45, 7) is 5.03. The van der Waals surface area contributed by atoms with Crippen LogP contribution in [-0.2, 0) is 5.41 Å². The maximum atomic E-state index is 12.3. The maximum absolute atomic E-state index is 12.3. The number of hydrogen-bond donors (Lipinski definition) is 1. The smallest absolute Gasteiger partial charge is 0.410 e. The number of amides is 1. The fourth-order valence-electron chi connectivity index (χ4n) is 4.75. The molecule has 2 aliphatic rings. The lowest BCUT2D eigenvalue weighted by molar-refractivity contribution is 0.215. The van der Waals surface area contributed by atoms with E-state index in [0.29, 0.717) is 17.6 Å². The summed E-state index contributed by atoms with van der Waals surface area (Å²) in [5, 5.41) is 2.76. The van der Waals surface area contributed by atoms with Crippen LogP contribution < -0.4 is 15.0 Å². The average molecular weight is 363 g/mol. The molecule has 4 rings (SSSR count). The van der Waals surface area contributed by atoms with Crippen LogP contribution in [0.5, 0.6) is 5.75 Å². The van der Waals surface area contributed by atoms with E-state index in [1.807, 2.05) is 48.5 Å². The highest BCUT2D eigenvalue weighted by molar-refractivity contribution is 5.86. The second-order valence-corrected chi connectivity index (χ2v) is 7.42. The van der Waals surface area contributed by atoms with Crippen LogP contribution in [-0.4, -0.2) is 37.8 Å². The minimum atomic E-state index is -0.481. The SMILES string of the molecule is C=CC[C@@]12CCN(C)[C@@H]1N(C)c1ccc(OC(=O)Nc3ccccc3)cc12. The van der Waals surface area contributed by atoms with E-state index in [0.717, 1.165) is 19.4 Å². The minimum Gasteiger partial charge on any atom is -0.410 e. The van der Waals surface area contributed by atoms with E-state index in [2.05, 4.69) is 41.9 Å². The molecule has 1 fully saturated rings. The summed E-state index contributed by atoms with van der Waals surface area (Å²) in [5.74, 6) is 0.564. The number of nitrogens with zero attached hydrogens (tertiary/aromatic N) is 2. The van der Waals surface area contributed by atoms with Gasteiger partial charge in [0.15, 0.2) is 0 Å². The fourth-order valence-corrected chi connectivity index (χ4v) is 4.75. The van der Waals surface area contributed by atoms with Gasteiger partial charge in [0.25, 0.3) is 0 Å². The highest BCUT2D eigenvalue weighted by atomic mass is 16.6. The number of anilines is 2. The van der Waals surface area contributed by atoms with E-state index in [-0.39, 0.29) is 5.41 Å². The van der Waals surface area contributed by atoms with Gasteiger partial charge >= 0.3 is 6.09 Å². The highest BCUT2D eigenvalue weighted by Gasteiger charge is 2.54. The van der Waals surface area contributed by atoms with Crippen molar-refractivity contribution < 1.29 is 9.53 Å². The monoisotopic (exact) mass is 363 g/mol. The Kier molecular flexibility index (Phi) is 4.40. The molecule has 0 spiro atoms. The average Bonchev–Trinajstić information content (AvgIpc) is 3.10. The number of para-hydroxylation sites is 1. The van der Waals surface area contributed by atoms with E-state index in [1.54, 1.807) is 0 Å². The zero-order valence-corrected chi connectivity index (χ0v) is 15.8. The zero-order valence-electron chi connectivity index (χ0n) is 15.8. The Hall–Kier alpha value is -2.79. The van der Waals surface area contributed by atoms with Crippen molar-refractivity contribution in [1.29, 1.82) is 0 Å². The molecule has 1 N–H and O–H groups in total. The van der Waals surface area contributed by atoms with Crippen molar-refractivity contribution in [3.05, 3.63) is 66.7 Å². The molecule has 2 atom stereocenters. The molecular formula is C22H25N3O2. The van der Waals surface area contributed by atoms with Crippen LogP contribution in [0.15, 0.2) is 61.2 Å². The first kappa shape index (κ1) is 17.6. The molecule has 0 saturated carbocycles. The van der Waals surface area contributed by atoms with Crippen LogP contribution in [0, 0.1) is 0 Å². The number of fused-ring (bicyclic) bond motifs is 3. The van der Waals surface area contributed by atoms with Gasteiger partial charge in [-0.2, -0.15) is 0 Å². The van der Waals surface area contributed by atoms with Gasteiger partial charge in [0.1, 0.15) is 5.75 Å². The molecule has 2 aromatic rings. The number of ether oxygens (including phenoxy) is 1. The van der Waals surface area contributed by atoms with Gasteiger partial charge in [-0.1, -0.05) is 24.3 Å². The normalized spacial score (nSPS) is 23.6. The summed E-state index contributed by atoms with van der Waals surface area (Å²) >= 11 is 0. The number of likely N-dealkylation sites (N-methyl/N-ethyl adjacent to an activating group) is 2. The number of rotatable bonds is 4. The first-order valence-electron chi connectivity index (χ1n) is 9.27. The van der Waals surface area contributed by atoms with Crippen LogP contribution in [0.1, 0.15) is 18.4 Å². The largest absolute Gasteiger partial charge is 0.417 e. The molecule has 1 saturated heterocycles. The Labute approximate surface area is 160 Å². The van der Waals surface area contributed by atoms with Crippen molar-refractivity contribution >= 4 is 17.5 Å². The lowest BCUT2D eigenvalue weighted by Gasteiger charge is -2.34. The number of allylic oxidation sites excluding steroid dienone is 1. The lowest BCUT2D eigenvalue weighted by Crippen LogP contribution is -2.46. The summed E-state index contributed by atoms with van der Waals surface area (Å²) in [6.07, 6.45) is 3.80. The van der Waals surface area contributed by atoms with Gasteiger partial charge in [-0.15, -0.1) is 6.58 Å². The number of carbonyl (C=O) groups is 1. The Morgan fingerprint density at radius 2 is 2.07 bits per heavy atom. The Morgan fingerprint density at radius 3 is 2.81 bits per heavy atom. The molecule has 27 heavy (non-hydrogen) atoms. The van der Waals surface area contributed by atoms with Crippen LogP contribution in [0.4, 0.5) is 16.2 Å². The van der Waals surface area contributed by atoms with Gasteiger partial charge in [-0.3, -0.25) is 10.2 Å². The Morgan fingerprint density at radius 1 is 1.30 bits per heavy atom. The van der Waals surface area contributed by atoms with E-state index < -0.39 is 6.09 Å². The van der Waals surface area contributed by atoms with Gasteiger partial charge in [-0.05, 0) is 55.8 Å². The van der Waals surface area contributed by atoms with E-state index in [1.165, 1.54) is 11.3 Å². The van der Waals surface area contributed by atoms with E-state index >= 15 is 0 Å². The van der Waals surface area contributed by atoms with Crippen molar-refractivity contribution in [1.82, 2.24) is 4.90 Å². The number of benzene rings is 2. The van der Waals surface area contributed by atoms with Gasteiger partial charge in [0, 0.05) is 30.4 Å². The second-order valence-electron chi connectivity index (χ2n) is 7.42. The number of likely N-dealkylation sites (tertiary alicyclic amines) is 1. The van der Waals surface area contributed by atoms with Crippen molar-refractivity contribution in [3.63, 3.8) is 0 Å². The van der Waals surface area contributed by atoms with E-state index in [4.69, 9.17) is 4.74 Å². The van der Waals surface area contributed by atoms with Gasteiger partial charge in [-0.25, -0.2) is 4.79 Å². The third kappa shape index (κ3) is 2.88.